The number of hydrogen-bond donors (Lipinski definition) is 1. The highest BCUT2D eigenvalue weighted by atomic mass is 16.1. The molecule has 166 valence electrons. The van der Waals surface area contributed by atoms with Crippen molar-refractivity contribution in [3.8, 4) is 0 Å². The second-order valence-electron chi connectivity index (χ2n) is 8.62. The number of piperidine rings is 1. The smallest absolute Gasteiger partial charge is 0.223 e. The molecule has 7 heteroatoms. The summed E-state index contributed by atoms with van der Waals surface area (Å²) in [7, 11) is 0. The summed E-state index contributed by atoms with van der Waals surface area (Å²) in [5.74, 6) is 2.26. The van der Waals surface area contributed by atoms with Crippen LogP contribution in [0.5, 0.6) is 0 Å². The Kier molecular flexibility index (Phi) is 7.02. The zero-order valence-corrected chi connectivity index (χ0v) is 18.8. The molecule has 0 aliphatic carbocycles. The Hall–Kier alpha value is -2.67. The fourth-order valence-electron chi connectivity index (χ4n) is 4.39. The minimum absolute atomic E-state index is 0.0742. The first-order valence-corrected chi connectivity index (χ1v) is 11.5. The van der Waals surface area contributed by atoms with Gasteiger partial charge >= 0.3 is 0 Å². The Labute approximate surface area is 185 Å². The highest BCUT2D eigenvalue weighted by molar-refractivity contribution is 5.79. The molecular formula is C24H34N6O. The van der Waals surface area contributed by atoms with E-state index in [4.69, 9.17) is 0 Å². The van der Waals surface area contributed by atoms with Gasteiger partial charge in [-0.15, -0.1) is 0 Å². The molecule has 2 aliphatic rings. The lowest BCUT2D eigenvalue weighted by atomic mass is 9.96. The molecule has 0 radical (unpaired) electrons. The topological polar surface area (TPSA) is 64.6 Å². The van der Waals surface area contributed by atoms with Crippen LogP contribution in [0.15, 0.2) is 36.7 Å². The van der Waals surface area contributed by atoms with E-state index < -0.39 is 0 Å². The minimum Gasteiger partial charge on any atom is -0.357 e. The van der Waals surface area contributed by atoms with Gasteiger partial charge in [0.25, 0.3) is 0 Å². The largest absolute Gasteiger partial charge is 0.357 e. The SMILES string of the molecule is CCN1CCN(c2cc(CNC(=O)C3CCN(c4ccc(C)cn4)CC3)ccn2)CC1. The molecule has 2 aliphatic heterocycles. The number of nitrogens with one attached hydrogen (secondary N) is 1. The van der Waals surface area contributed by atoms with Crippen molar-refractivity contribution in [2.45, 2.75) is 33.2 Å². The van der Waals surface area contributed by atoms with Crippen molar-refractivity contribution in [2.24, 2.45) is 5.92 Å². The molecular weight excluding hydrogens is 388 g/mol. The first kappa shape index (κ1) is 21.6. The first-order chi connectivity index (χ1) is 15.1. The van der Waals surface area contributed by atoms with E-state index in [0.29, 0.717) is 6.54 Å². The number of hydrogen-bond acceptors (Lipinski definition) is 6. The van der Waals surface area contributed by atoms with Crippen molar-refractivity contribution in [3.63, 3.8) is 0 Å². The molecule has 2 saturated heterocycles. The summed E-state index contributed by atoms with van der Waals surface area (Å²) in [6, 6.07) is 8.28. The fourth-order valence-corrected chi connectivity index (χ4v) is 4.39. The number of piperazine rings is 1. The quantitative estimate of drug-likeness (QED) is 0.772. The van der Waals surface area contributed by atoms with Crippen LogP contribution in [-0.2, 0) is 11.3 Å². The number of pyridine rings is 2. The predicted octanol–water partition coefficient (Wildman–Crippen LogP) is 2.46. The van der Waals surface area contributed by atoms with Crippen LogP contribution < -0.4 is 15.1 Å². The molecule has 7 nitrogen and oxygen atoms in total. The standard InChI is InChI=1S/C24H34N6O/c1-3-28-12-14-30(15-13-28)23-16-20(6-9-25-23)18-27-24(31)21-7-10-29(11-8-21)22-5-4-19(2)17-26-22/h4-6,9,16-17,21H,3,7-8,10-15,18H2,1-2H3,(H,27,31). The minimum atomic E-state index is 0.0742. The van der Waals surface area contributed by atoms with Crippen LogP contribution in [0.1, 0.15) is 30.9 Å². The Morgan fingerprint density at radius 3 is 2.42 bits per heavy atom. The van der Waals surface area contributed by atoms with Crippen molar-refractivity contribution in [3.05, 3.63) is 47.8 Å². The van der Waals surface area contributed by atoms with Crippen LogP contribution in [0.4, 0.5) is 11.6 Å². The van der Waals surface area contributed by atoms with Gasteiger partial charge in [-0.2, -0.15) is 0 Å². The summed E-state index contributed by atoms with van der Waals surface area (Å²) in [4.78, 5) is 28.9. The molecule has 0 saturated carbocycles. The van der Waals surface area contributed by atoms with Crippen molar-refractivity contribution in [2.75, 3.05) is 55.6 Å². The monoisotopic (exact) mass is 422 g/mol. The predicted molar refractivity (Wildman–Crippen MR) is 124 cm³/mol. The Balaban J connectivity index is 1.25. The van der Waals surface area contributed by atoms with E-state index in [1.54, 1.807) is 0 Å². The maximum atomic E-state index is 12.7. The molecule has 0 spiro atoms. The van der Waals surface area contributed by atoms with Gasteiger partial charge in [-0.1, -0.05) is 13.0 Å². The number of aromatic nitrogens is 2. The van der Waals surface area contributed by atoms with Gasteiger partial charge < -0.3 is 20.0 Å². The highest BCUT2D eigenvalue weighted by Crippen LogP contribution is 2.22. The zero-order chi connectivity index (χ0) is 21.6. The van der Waals surface area contributed by atoms with Gasteiger partial charge in [-0.25, -0.2) is 9.97 Å². The van der Waals surface area contributed by atoms with Crippen LogP contribution in [0.3, 0.4) is 0 Å². The molecule has 2 aromatic rings. The molecule has 0 atom stereocenters. The van der Waals surface area contributed by atoms with E-state index in [1.165, 1.54) is 5.56 Å². The number of amides is 1. The Morgan fingerprint density at radius 2 is 1.74 bits per heavy atom. The summed E-state index contributed by atoms with van der Waals surface area (Å²) >= 11 is 0. The van der Waals surface area contributed by atoms with E-state index in [2.05, 4.69) is 55.1 Å². The Bertz CT molecular complexity index is 855. The lowest BCUT2D eigenvalue weighted by Crippen LogP contribution is -2.46. The highest BCUT2D eigenvalue weighted by Gasteiger charge is 2.25. The number of carbonyl (C=O) groups is 1. The first-order valence-electron chi connectivity index (χ1n) is 11.5. The average molecular weight is 423 g/mol. The van der Waals surface area contributed by atoms with Crippen molar-refractivity contribution >= 4 is 17.5 Å². The number of likely N-dealkylation sites (N-methyl/N-ethyl adjacent to an activating group) is 1. The normalized spacial score (nSPS) is 18.3. The van der Waals surface area contributed by atoms with Crippen LogP contribution in [0.2, 0.25) is 0 Å². The average Bonchev–Trinajstić information content (AvgIpc) is 2.83. The van der Waals surface area contributed by atoms with E-state index in [0.717, 1.165) is 75.9 Å². The lowest BCUT2D eigenvalue weighted by Gasteiger charge is -2.34. The third-order valence-corrected chi connectivity index (χ3v) is 6.51. The summed E-state index contributed by atoms with van der Waals surface area (Å²) in [6.45, 7) is 11.8. The van der Waals surface area contributed by atoms with Crippen LogP contribution in [0.25, 0.3) is 0 Å². The van der Waals surface area contributed by atoms with Crippen LogP contribution >= 0.6 is 0 Å². The van der Waals surface area contributed by atoms with Gasteiger partial charge in [0.15, 0.2) is 0 Å². The molecule has 1 amide bonds. The number of aryl methyl sites for hydroxylation is 1. The van der Waals surface area contributed by atoms with Crippen molar-refractivity contribution in [1.82, 2.24) is 20.2 Å². The third-order valence-electron chi connectivity index (χ3n) is 6.51. The molecule has 0 unspecified atom stereocenters. The van der Waals surface area contributed by atoms with Crippen molar-refractivity contribution in [1.29, 1.82) is 0 Å². The molecule has 4 rings (SSSR count). The molecule has 1 N–H and O–H groups in total. The van der Waals surface area contributed by atoms with Crippen LogP contribution in [0, 0.1) is 12.8 Å². The number of nitrogens with zero attached hydrogens (tertiary/aromatic N) is 5. The fraction of sp³-hybridized carbons (Fsp3) is 0.542. The van der Waals surface area contributed by atoms with E-state index in [9.17, 15) is 4.79 Å². The molecule has 0 bridgehead atoms. The third kappa shape index (κ3) is 5.53. The molecule has 4 heterocycles. The maximum Gasteiger partial charge on any atom is 0.223 e. The number of carbonyl (C=O) groups excluding carboxylic acids is 1. The molecule has 2 fully saturated rings. The summed E-state index contributed by atoms with van der Waals surface area (Å²) in [6.07, 6.45) is 5.49. The molecule has 2 aromatic heterocycles. The van der Waals surface area contributed by atoms with E-state index in [1.807, 2.05) is 25.4 Å². The molecule has 0 aromatic carbocycles. The second kappa shape index (κ2) is 10.1. The summed E-state index contributed by atoms with van der Waals surface area (Å²) in [5, 5.41) is 3.15. The molecule has 31 heavy (non-hydrogen) atoms. The van der Waals surface area contributed by atoms with Crippen molar-refractivity contribution < 1.29 is 4.79 Å². The number of anilines is 2. The van der Waals surface area contributed by atoms with E-state index >= 15 is 0 Å². The number of rotatable bonds is 6. The van der Waals surface area contributed by atoms with Gasteiger partial charge in [-0.05, 0) is 55.6 Å². The second-order valence-corrected chi connectivity index (χ2v) is 8.62. The lowest BCUT2D eigenvalue weighted by molar-refractivity contribution is -0.125. The van der Waals surface area contributed by atoms with Gasteiger partial charge in [-0.3, -0.25) is 4.79 Å². The Morgan fingerprint density at radius 1 is 1.00 bits per heavy atom. The van der Waals surface area contributed by atoms with Gasteiger partial charge in [0.05, 0.1) is 0 Å². The maximum absolute atomic E-state index is 12.7. The van der Waals surface area contributed by atoms with Gasteiger partial charge in [0, 0.05) is 64.1 Å². The van der Waals surface area contributed by atoms with E-state index in [-0.39, 0.29) is 11.8 Å². The van der Waals surface area contributed by atoms with Crippen LogP contribution in [-0.4, -0.2) is 66.6 Å². The summed E-state index contributed by atoms with van der Waals surface area (Å²) < 4.78 is 0. The zero-order valence-electron chi connectivity index (χ0n) is 18.8. The van der Waals surface area contributed by atoms with Gasteiger partial charge in [0.1, 0.15) is 11.6 Å². The van der Waals surface area contributed by atoms with Gasteiger partial charge in [0.2, 0.25) is 5.91 Å². The summed E-state index contributed by atoms with van der Waals surface area (Å²) in [5.41, 5.74) is 2.28.